The molecule has 0 fully saturated rings. The molecule has 1 aromatic carbocycles. The predicted molar refractivity (Wildman–Crippen MR) is 56.5 cm³/mol. The fourth-order valence-electron chi connectivity index (χ4n) is 0.846. The Labute approximate surface area is 88.6 Å². The van der Waals surface area contributed by atoms with E-state index in [9.17, 15) is 0 Å². The highest BCUT2D eigenvalue weighted by molar-refractivity contribution is 6.35. The first kappa shape index (κ1) is 10.7. The van der Waals surface area contributed by atoms with Gasteiger partial charge in [0.15, 0.2) is 0 Å². The molecular formula is C10H11Cl2O. The van der Waals surface area contributed by atoms with Crippen molar-refractivity contribution in [3.8, 4) is 5.75 Å². The van der Waals surface area contributed by atoms with Crippen LogP contribution in [0.15, 0.2) is 18.2 Å². The molecule has 0 aliphatic heterocycles. The van der Waals surface area contributed by atoms with Crippen LogP contribution in [0.5, 0.6) is 5.75 Å². The first-order chi connectivity index (χ1) is 6.13. The van der Waals surface area contributed by atoms with Crippen molar-refractivity contribution in [3.63, 3.8) is 0 Å². The van der Waals surface area contributed by atoms with Crippen molar-refractivity contribution < 1.29 is 4.74 Å². The highest BCUT2D eigenvalue weighted by Crippen LogP contribution is 2.28. The van der Waals surface area contributed by atoms with Crippen LogP contribution in [-0.4, -0.2) is 6.10 Å². The third kappa shape index (κ3) is 3.09. The van der Waals surface area contributed by atoms with Crippen LogP contribution in [0, 0.1) is 6.92 Å². The van der Waals surface area contributed by atoms with Crippen LogP contribution in [-0.2, 0) is 0 Å². The maximum absolute atomic E-state index is 5.90. The summed E-state index contributed by atoms with van der Waals surface area (Å²) in [5, 5.41) is 1.15. The Kier molecular flexibility index (Phi) is 3.89. The van der Waals surface area contributed by atoms with Crippen molar-refractivity contribution in [1.29, 1.82) is 0 Å². The molecule has 0 spiro atoms. The SMILES string of the molecule is [CH2]CC(C)Oc1ccc(Cl)cc1Cl. The number of halogens is 2. The third-order valence-electron chi connectivity index (χ3n) is 1.63. The predicted octanol–water partition coefficient (Wildman–Crippen LogP) is 3.98. The second-order valence-electron chi connectivity index (χ2n) is 2.79. The van der Waals surface area contributed by atoms with Gasteiger partial charge in [0.2, 0.25) is 0 Å². The van der Waals surface area contributed by atoms with Crippen LogP contribution in [0.2, 0.25) is 10.0 Å². The Hall–Kier alpha value is -0.400. The summed E-state index contributed by atoms with van der Waals surface area (Å²) >= 11 is 11.6. The molecule has 0 bridgehead atoms. The summed E-state index contributed by atoms with van der Waals surface area (Å²) in [6.45, 7) is 5.68. The van der Waals surface area contributed by atoms with Gasteiger partial charge in [-0.25, -0.2) is 0 Å². The molecule has 0 N–H and O–H groups in total. The summed E-state index contributed by atoms with van der Waals surface area (Å²) in [5.41, 5.74) is 0. The molecule has 0 aromatic heterocycles. The van der Waals surface area contributed by atoms with E-state index in [1.807, 2.05) is 6.92 Å². The van der Waals surface area contributed by atoms with Crippen molar-refractivity contribution in [3.05, 3.63) is 35.2 Å². The van der Waals surface area contributed by atoms with E-state index in [0.29, 0.717) is 22.2 Å². The Bertz CT molecular complexity index is 286. The molecule has 1 radical (unpaired) electrons. The topological polar surface area (TPSA) is 9.23 Å². The van der Waals surface area contributed by atoms with Gasteiger partial charge in [-0.3, -0.25) is 0 Å². The molecule has 13 heavy (non-hydrogen) atoms. The summed E-state index contributed by atoms with van der Waals surface area (Å²) in [4.78, 5) is 0. The molecule has 0 aliphatic carbocycles. The van der Waals surface area contributed by atoms with Crippen LogP contribution in [0.1, 0.15) is 13.3 Å². The Balaban J connectivity index is 2.77. The zero-order valence-corrected chi connectivity index (χ0v) is 8.90. The molecule has 71 valence electrons. The van der Waals surface area contributed by atoms with Gasteiger partial charge < -0.3 is 4.74 Å². The fourth-order valence-corrected chi connectivity index (χ4v) is 1.30. The van der Waals surface area contributed by atoms with Gasteiger partial charge in [0.05, 0.1) is 11.1 Å². The van der Waals surface area contributed by atoms with Gasteiger partial charge in [-0.05, 0) is 38.5 Å². The third-order valence-corrected chi connectivity index (χ3v) is 2.16. The van der Waals surface area contributed by atoms with Crippen LogP contribution < -0.4 is 4.74 Å². The number of hydrogen-bond donors (Lipinski definition) is 0. The minimum absolute atomic E-state index is 0.0682. The van der Waals surface area contributed by atoms with E-state index in [-0.39, 0.29) is 6.10 Å². The number of rotatable bonds is 3. The van der Waals surface area contributed by atoms with Crippen LogP contribution in [0.4, 0.5) is 0 Å². The van der Waals surface area contributed by atoms with Crippen LogP contribution in [0.3, 0.4) is 0 Å². The van der Waals surface area contributed by atoms with Crippen LogP contribution >= 0.6 is 23.2 Å². The number of hydrogen-bond acceptors (Lipinski definition) is 1. The molecule has 1 unspecified atom stereocenters. The molecular weight excluding hydrogens is 207 g/mol. The number of benzene rings is 1. The molecule has 1 nitrogen and oxygen atoms in total. The van der Waals surface area contributed by atoms with Crippen molar-refractivity contribution in [2.24, 2.45) is 0 Å². The monoisotopic (exact) mass is 217 g/mol. The summed E-state index contributed by atoms with van der Waals surface area (Å²) in [7, 11) is 0. The fraction of sp³-hybridized carbons (Fsp3) is 0.300. The van der Waals surface area contributed by atoms with E-state index in [1.165, 1.54) is 0 Å². The first-order valence-electron chi connectivity index (χ1n) is 4.04. The smallest absolute Gasteiger partial charge is 0.138 e. The van der Waals surface area contributed by atoms with Crippen molar-refractivity contribution in [2.45, 2.75) is 19.4 Å². The van der Waals surface area contributed by atoms with E-state index in [0.717, 1.165) is 0 Å². The van der Waals surface area contributed by atoms with Crippen LogP contribution in [0.25, 0.3) is 0 Å². The molecule has 0 heterocycles. The largest absolute Gasteiger partial charge is 0.489 e. The van der Waals surface area contributed by atoms with E-state index in [4.69, 9.17) is 27.9 Å². The molecule has 0 aliphatic rings. The first-order valence-corrected chi connectivity index (χ1v) is 4.80. The van der Waals surface area contributed by atoms with Crippen molar-refractivity contribution in [1.82, 2.24) is 0 Å². The number of ether oxygens (including phenoxy) is 1. The lowest BCUT2D eigenvalue weighted by atomic mass is 10.3. The van der Waals surface area contributed by atoms with Gasteiger partial charge in [0, 0.05) is 5.02 Å². The average molecular weight is 218 g/mol. The van der Waals surface area contributed by atoms with Gasteiger partial charge >= 0.3 is 0 Å². The second-order valence-corrected chi connectivity index (χ2v) is 3.64. The molecule has 0 saturated carbocycles. The average Bonchev–Trinajstić information content (AvgIpc) is 2.09. The highest BCUT2D eigenvalue weighted by atomic mass is 35.5. The van der Waals surface area contributed by atoms with E-state index in [2.05, 4.69) is 6.92 Å². The lowest BCUT2D eigenvalue weighted by Gasteiger charge is -2.13. The molecule has 1 rings (SSSR count). The molecule has 0 amide bonds. The zero-order chi connectivity index (χ0) is 9.84. The molecule has 3 heteroatoms. The van der Waals surface area contributed by atoms with E-state index >= 15 is 0 Å². The van der Waals surface area contributed by atoms with Gasteiger partial charge in [-0.2, -0.15) is 0 Å². The minimum atomic E-state index is 0.0682. The van der Waals surface area contributed by atoms with E-state index < -0.39 is 0 Å². The Morgan fingerprint density at radius 3 is 2.69 bits per heavy atom. The van der Waals surface area contributed by atoms with Gasteiger partial charge in [-0.1, -0.05) is 23.2 Å². The minimum Gasteiger partial charge on any atom is -0.489 e. The lowest BCUT2D eigenvalue weighted by molar-refractivity contribution is 0.225. The normalized spacial score (nSPS) is 12.6. The quantitative estimate of drug-likeness (QED) is 0.745. The van der Waals surface area contributed by atoms with Gasteiger partial charge in [0.25, 0.3) is 0 Å². The summed E-state index contributed by atoms with van der Waals surface area (Å²) < 4.78 is 5.50. The standard InChI is InChI=1S/C10H11Cl2O/c1-3-7(2)13-10-5-4-8(11)6-9(10)12/h4-7H,1,3H2,2H3. The van der Waals surface area contributed by atoms with Gasteiger partial charge in [-0.15, -0.1) is 0 Å². The maximum atomic E-state index is 5.90. The zero-order valence-electron chi connectivity index (χ0n) is 7.39. The van der Waals surface area contributed by atoms with Crippen molar-refractivity contribution in [2.75, 3.05) is 0 Å². The summed E-state index contributed by atoms with van der Waals surface area (Å²) in [6, 6.07) is 5.17. The molecule has 1 aromatic rings. The van der Waals surface area contributed by atoms with Crippen molar-refractivity contribution >= 4 is 23.2 Å². The second kappa shape index (κ2) is 4.73. The summed E-state index contributed by atoms with van der Waals surface area (Å²) in [6.07, 6.45) is 0.776. The highest BCUT2D eigenvalue weighted by Gasteiger charge is 2.05. The Morgan fingerprint density at radius 1 is 1.46 bits per heavy atom. The summed E-state index contributed by atoms with van der Waals surface area (Å²) in [5.74, 6) is 0.655. The molecule has 1 atom stereocenters. The maximum Gasteiger partial charge on any atom is 0.138 e. The lowest BCUT2D eigenvalue weighted by Crippen LogP contribution is -2.09. The van der Waals surface area contributed by atoms with Gasteiger partial charge in [0.1, 0.15) is 5.75 Å². The van der Waals surface area contributed by atoms with E-state index in [1.54, 1.807) is 18.2 Å². The molecule has 0 saturated heterocycles. The Morgan fingerprint density at radius 2 is 2.15 bits per heavy atom.